The number of aromatic nitrogens is 1. The highest BCUT2D eigenvalue weighted by atomic mass is 16.5. The third-order valence-electron chi connectivity index (χ3n) is 1.81. The molecule has 0 aliphatic rings. The van der Waals surface area contributed by atoms with E-state index in [1.165, 1.54) is 11.8 Å². The van der Waals surface area contributed by atoms with Crippen molar-refractivity contribution in [2.45, 2.75) is 6.92 Å². The number of aryl methyl sites for hydroxylation is 1. The van der Waals surface area contributed by atoms with Crippen LogP contribution >= 0.6 is 0 Å². The van der Waals surface area contributed by atoms with E-state index in [1.807, 2.05) is 31.2 Å². The van der Waals surface area contributed by atoms with Crippen LogP contribution in [0.3, 0.4) is 0 Å². The van der Waals surface area contributed by atoms with Crippen LogP contribution in [-0.2, 0) is 0 Å². The predicted molar refractivity (Wildman–Crippen MR) is 45.4 cm³/mol. The third-order valence-corrected chi connectivity index (χ3v) is 1.81. The molecule has 0 bridgehead atoms. The Morgan fingerprint density at radius 3 is 2.91 bits per heavy atom. The molecule has 2 rings (SSSR count). The van der Waals surface area contributed by atoms with Crippen molar-refractivity contribution in [3.63, 3.8) is 0 Å². The van der Waals surface area contributed by atoms with Gasteiger partial charge in [0.05, 0.1) is 0 Å². The van der Waals surface area contributed by atoms with Gasteiger partial charge in [-0.25, -0.2) is 0 Å². The Kier molecular flexibility index (Phi) is 1.15. The average molecular weight is 146 g/mol. The fourth-order valence-electron chi connectivity index (χ4n) is 1.24. The number of hydrogen-bond acceptors (Lipinski definition) is 1. The van der Waals surface area contributed by atoms with Crippen molar-refractivity contribution in [3.05, 3.63) is 41.2 Å². The molecular formula is C9H8NO-. The molecule has 0 saturated heterocycles. The first-order valence-electron chi connectivity index (χ1n) is 3.52. The molecule has 0 aliphatic carbocycles. The molecule has 2 aromatic rings. The van der Waals surface area contributed by atoms with E-state index in [4.69, 9.17) is 0 Å². The van der Waals surface area contributed by atoms with E-state index in [1.54, 1.807) is 0 Å². The first-order chi connectivity index (χ1) is 5.27. The van der Waals surface area contributed by atoms with Gasteiger partial charge in [-0.1, -0.05) is 11.6 Å². The standard InChI is InChI=1S/C9H8NO/c1-7-2-3-9-8(6-7)4-5-10(9)11/h2-6H,1H3/q-1. The van der Waals surface area contributed by atoms with Crippen molar-refractivity contribution < 1.29 is 0 Å². The molecule has 2 heteroatoms. The number of benzene rings is 1. The van der Waals surface area contributed by atoms with E-state index in [0.717, 1.165) is 15.6 Å². The second-order valence-electron chi connectivity index (χ2n) is 2.70. The Balaban J connectivity index is 2.86. The van der Waals surface area contributed by atoms with Crippen LogP contribution in [0.5, 0.6) is 0 Å². The Hall–Kier alpha value is -1.44. The summed E-state index contributed by atoms with van der Waals surface area (Å²) in [4.78, 5) is 0. The van der Waals surface area contributed by atoms with Crippen LogP contribution in [0.4, 0.5) is 0 Å². The third kappa shape index (κ3) is 0.871. The van der Waals surface area contributed by atoms with Crippen molar-refractivity contribution in [2.24, 2.45) is 0 Å². The summed E-state index contributed by atoms with van der Waals surface area (Å²) in [5, 5.41) is 12.0. The van der Waals surface area contributed by atoms with Gasteiger partial charge in [0.1, 0.15) is 0 Å². The average Bonchev–Trinajstić information content (AvgIpc) is 2.32. The van der Waals surface area contributed by atoms with Crippen molar-refractivity contribution in [3.8, 4) is 0 Å². The fourth-order valence-corrected chi connectivity index (χ4v) is 1.24. The van der Waals surface area contributed by atoms with Gasteiger partial charge in [-0.05, 0) is 36.7 Å². The molecule has 0 N–H and O–H groups in total. The summed E-state index contributed by atoms with van der Waals surface area (Å²) >= 11 is 0. The highest BCUT2D eigenvalue weighted by molar-refractivity contribution is 5.81. The van der Waals surface area contributed by atoms with Crippen molar-refractivity contribution in [2.75, 3.05) is 0 Å². The molecule has 2 nitrogen and oxygen atoms in total. The number of rotatable bonds is 0. The minimum absolute atomic E-state index is 0.746. The number of hydrogen-bond donors (Lipinski definition) is 0. The van der Waals surface area contributed by atoms with Gasteiger partial charge in [-0.3, -0.25) is 0 Å². The van der Waals surface area contributed by atoms with Crippen molar-refractivity contribution in [1.82, 2.24) is 4.73 Å². The van der Waals surface area contributed by atoms with Crippen LogP contribution in [-0.4, -0.2) is 4.73 Å². The Morgan fingerprint density at radius 2 is 2.09 bits per heavy atom. The smallest absolute Gasteiger partial charge is 0.0433 e. The molecular weight excluding hydrogens is 138 g/mol. The van der Waals surface area contributed by atoms with Crippen LogP contribution in [0.25, 0.3) is 10.9 Å². The zero-order valence-electron chi connectivity index (χ0n) is 6.24. The lowest BCUT2D eigenvalue weighted by atomic mass is 10.2. The van der Waals surface area contributed by atoms with Gasteiger partial charge in [0.2, 0.25) is 0 Å². The summed E-state index contributed by atoms with van der Waals surface area (Å²) in [5.41, 5.74) is 1.93. The lowest BCUT2D eigenvalue weighted by Gasteiger charge is -2.06. The SMILES string of the molecule is Cc1ccc2c(ccn2[O-])c1. The summed E-state index contributed by atoms with van der Waals surface area (Å²) in [6.07, 6.45) is 1.53. The van der Waals surface area contributed by atoms with E-state index < -0.39 is 0 Å². The number of nitrogens with zero attached hydrogens (tertiary/aromatic N) is 1. The zero-order valence-corrected chi connectivity index (χ0v) is 6.24. The molecule has 0 aliphatic heterocycles. The quantitative estimate of drug-likeness (QED) is 0.560. The van der Waals surface area contributed by atoms with Crippen LogP contribution in [0, 0.1) is 12.1 Å². The van der Waals surface area contributed by atoms with E-state index in [9.17, 15) is 5.21 Å². The molecule has 0 spiro atoms. The lowest BCUT2D eigenvalue weighted by molar-refractivity contribution is 1.16. The fraction of sp³-hybridized carbons (Fsp3) is 0.111. The molecule has 0 radical (unpaired) electrons. The number of fused-ring (bicyclic) bond motifs is 1. The maximum atomic E-state index is 11.0. The normalized spacial score (nSPS) is 10.6. The van der Waals surface area contributed by atoms with Gasteiger partial charge in [0, 0.05) is 5.52 Å². The Morgan fingerprint density at radius 1 is 1.27 bits per heavy atom. The molecule has 0 amide bonds. The molecule has 11 heavy (non-hydrogen) atoms. The van der Waals surface area contributed by atoms with Crippen LogP contribution in [0.15, 0.2) is 30.5 Å². The summed E-state index contributed by atoms with van der Waals surface area (Å²) < 4.78 is 0.884. The minimum Gasteiger partial charge on any atom is -0.806 e. The molecule has 1 heterocycles. The molecule has 0 saturated carbocycles. The highest BCUT2D eigenvalue weighted by Gasteiger charge is 1.93. The topological polar surface area (TPSA) is 28.0 Å². The maximum Gasteiger partial charge on any atom is 0.0433 e. The Bertz CT molecular complexity index is 389. The van der Waals surface area contributed by atoms with Crippen molar-refractivity contribution >= 4 is 10.9 Å². The summed E-state index contributed by atoms with van der Waals surface area (Å²) in [6, 6.07) is 7.62. The van der Waals surface area contributed by atoms with Crippen LogP contribution < -0.4 is 0 Å². The van der Waals surface area contributed by atoms with Crippen LogP contribution in [0.1, 0.15) is 5.56 Å². The Labute approximate surface area is 64.6 Å². The first kappa shape index (κ1) is 6.28. The second-order valence-corrected chi connectivity index (χ2v) is 2.70. The van der Waals surface area contributed by atoms with Gasteiger partial charge < -0.3 is 9.94 Å². The maximum absolute atomic E-state index is 11.0. The zero-order chi connectivity index (χ0) is 7.84. The van der Waals surface area contributed by atoms with Gasteiger partial charge in [0.25, 0.3) is 0 Å². The van der Waals surface area contributed by atoms with E-state index in [0.29, 0.717) is 0 Å². The highest BCUT2D eigenvalue weighted by Crippen LogP contribution is 2.15. The largest absolute Gasteiger partial charge is 0.806 e. The monoisotopic (exact) mass is 146 g/mol. The van der Waals surface area contributed by atoms with E-state index >= 15 is 0 Å². The minimum atomic E-state index is 0.746. The second kappa shape index (κ2) is 2.02. The molecule has 0 atom stereocenters. The predicted octanol–water partition coefficient (Wildman–Crippen LogP) is 2.30. The molecule has 0 unspecified atom stereocenters. The molecule has 1 aromatic carbocycles. The van der Waals surface area contributed by atoms with Gasteiger partial charge in [0.15, 0.2) is 0 Å². The van der Waals surface area contributed by atoms with Crippen LogP contribution in [0.2, 0.25) is 0 Å². The van der Waals surface area contributed by atoms with Gasteiger partial charge in [-0.2, -0.15) is 0 Å². The molecule has 56 valence electrons. The summed E-state index contributed by atoms with van der Waals surface area (Å²) in [6.45, 7) is 2.02. The van der Waals surface area contributed by atoms with E-state index in [2.05, 4.69) is 0 Å². The summed E-state index contributed by atoms with van der Waals surface area (Å²) in [7, 11) is 0. The van der Waals surface area contributed by atoms with Crippen molar-refractivity contribution in [1.29, 1.82) is 0 Å². The van der Waals surface area contributed by atoms with Gasteiger partial charge >= 0.3 is 0 Å². The molecule has 1 aromatic heterocycles. The molecule has 0 fully saturated rings. The summed E-state index contributed by atoms with van der Waals surface area (Å²) in [5.74, 6) is 0. The lowest BCUT2D eigenvalue weighted by Crippen LogP contribution is -1.80. The first-order valence-corrected chi connectivity index (χ1v) is 3.52. The van der Waals surface area contributed by atoms with E-state index in [-0.39, 0.29) is 0 Å². The van der Waals surface area contributed by atoms with Gasteiger partial charge in [-0.15, -0.1) is 0 Å².